The van der Waals surface area contributed by atoms with Crippen LogP contribution in [0, 0.1) is 0 Å². The first kappa shape index (κ1) is 23.0. The van der Waals surface area contributed by atoms with E-state index in [1.54, 1.807) is 27.5 Å². The normalized spacial score (nSPS) is 17.7. The van der Waals surface area contributed by atoms with Gasteiger partial charge in [-0.05, 0) is 42.2 Å². The Hall–Kier alpha value is -3.81. The van der Waals surface area contributed by atoms with E-state index < -0.39 is 0 Å². The number of anilines is 2. The number of rotatable bonds is 6. The van der Waals surface area contributed by atoms with Crippen LogP contribution in [0.15, 0.2) is 48.7 Å². The molecule has 3 aromatic rings. The standard InChI is InChI=1S/C27H30N4O4/c1-33-24-15-19(16-25(34-2)26(24)35-3)18-13-22-21(23(32)14-18)17-28-27(29-22)31-11-9-30(10-12-31)20-7-5-4-6-8-20/h4-8,15-18H,9-14H2,1-3H3/t18-/m0/s1. The highest BCUT2D eigenvalue weighted by Gasteiger charge is 2.30. The molecule has 182 valence electrons. The van der Waals surface area contributed by atoms with Crippen molar-refractivity contribution in [3.05, 3.63) is 65.5 Å². The Morgan fingerprint density at radius 2 is 1.51 bits per heavy atom. The second kappa shape index (κ2) is 9.82. The number of nitrogens with zero attached hydrogens (tertiary/aromatic N) is 4. The average Bonchev–Trinajstić information content (AvgIpc) is 2.92. The fourth-order valence-corrected chi connectivity index (χ4v) is 4.96. The van der Waals surface area contributed by atoms with E-state index >= 15 is 0 Å². The zero-order valence-electron chi connectivity index (χ0n) is 20.4. The van der Waals surface area contributed by atoms with Crippen molar-refractivity contribution in [1.82, 2.24) is 9.97 Å². The number of methoxy groups -OCH3 is 3. The fraction of sp³-hybridized carbons (Fsp3) is 0.370. The summed E-state index contributed by atoms with van der Waals surface area (Å²) in [4.78, 5) is 27.0. The highest BCUT2D eigenvalue weighted by molar-refractivity contribution is 5.98. The van der Waals surface area contributed by atoms with Gasteiger partial charge in [0.05, 0.1) is 32.6 Å². The summed E-state index contributed by atoms with van der Waals surface area (Å²) in [5.74, 6) is 2.43. The van der Waals surface area contributed by atoms with Crippen LogP contribution in [-0.2, 0) is 6.42 Å². The molecule has 8 nitrogen and oxygen atoms in total. The summed E-state index contributed by atoms with van der Waals surface area (Å²) in [6, 6.07) is 14.3. The van der Waals surface area contributed by atoms with Crippen molar-refractivity contribution in [3.8, 4) is 17.2 Å². The molecular formula is C27H30N4O4. The number of carbonyl (C=O) groups excluding carboxylic acids is 1. The van der Waals surface area contributed by atoms with Crippen molar-refractivity contribution >= 4 is 17.4 Å². The van der Waals surface area contributed by atoms with Crippen molar-refractivity contribution < 1.29 is 19.0 Å². The predicted octanol–water partition coefficient (Wildman–Crippen LogP) is 3.74. The number of benzene rings is 2. The lowest BCUT2D eigenvalue weighted by molar-refractivity contribution is 0.0962. The third kappa shape index (κ3) is 4.48. The Kier molecular flexibility index (Phi) is 6.44. The van der Waals surface area contributed by atoms with Gasteiger partial charge in [-0.1, -0.05) is 18.2 Å². The van der Waals surface area contributed by atoms with Gasteiger partial charge in [0.1, 0.15) is 0 Å². The van der Waals surface area contributed by atoms with E-state index in [-0.39, 0.29) is 11.7 Å². The summed E-state index contributed by atoms with van der Waals surface area (Å²) in [6.07, 6.45) is 2.75. The van der Waals surface area contributed by atoms with Gasteiger partial charge < -0.3 is 24.0 Å². The minimum atomic E-state index is -0.0265. The second-order valence-electron chi connectivity index (χ2n) is 8.83. The Balaban J connectivity index is 1.36. The van der Waals surface area contributed by atoms with Gasteiger partial charge in [-0.3, -0.25) is 4.79 Å². The lowest BCUT2D eigenvalue weighted by Gasteiger charge is -2.36. The first-order valence-electron chi connectivity index (χ1n) is 11.8. The average molecular weight is 475 g/mol. The molecule has 2 aromatic carbocycles. The van der Waals surface area contributed by atoms with Gasteiger partial charge in [0.2, 0.25) is 11.7 Å². The molecular weight excluding hydrogens is 444 g/mol. The molecule has 5 rings (SSSR count). The maximum Gasteiger partial charge on any atom is 0.225 e. The summed E-state index contributed by atoms with van der Waals surface area (Å²) in [7, 11) is 4.78. The molecule has 35 heavy (non-hydrogen) atoms. The smallest absolute Gasteiger partial charge is 0.225 e. The van der Waals surface area contributed by atoms with Gasteiger partial charge in [-0.15, -0.1) is 0 Å². The van der Waals surface area contributed by atoms with Gasteiger partial charge in [0.25, 0.3) is 0 Å². The van der Waals surface area contributed by atoms with E-state index in [4.69, 9.17) is 19.2 Å². The Morgan fingerprint density at radius 3 is 2.14 bits per heavy atom. The molecule has 1 saturated heterocycles. The number of hydrogen-bond donors (Lipinski definition) is 0. The van der Waals surface area contributed by atoms with Gasteiger partial charge >= 0.3 is 0 Å². The number of ketones is 1. The predicted molar refractivity (Wildman–Crippen MR) is 134 cm³/mol. The minimum Gasteiger partial charge on any atom is -0.493 e. The number of fused-ring (bicyclic) bond motifs is 1. The van der Waals surface area contributed by atoms with Crippen LogP contribution in [0.4, 0.5) is 11.6 Å². The summed E-state index contributed by atoms with van der Waals surface area (Å²) < 4.78 is 16.5. The SMILES string of the molecule is COc1cc([C@@H]2CC(=O)c3cnc(N4CCN(c5ccccc5)CC4)nc3C2)cc(OC)c1OC. The highest BCUT2D eigenvalue weighted by Crippen LogP contribution is 2.42. The monoisotopic (exact) mass is 474 g/mol. The van der Waals surface area contributed by atoms with E-state index in [1.807, 2.05) is 18.2 Å². The molecule has 0 spiro atoms. The molecule has 1 aliphatic heterocycles. The quantitative estimate of drug-likeness (QED) is 0.535. The molecule has 0 radical (unpaired) electrons. The molecule has 1 atom stereocenters. The van der Waals surface area contributed by atoms with Gasteiger partial charge in [-0.25, -0.2) is 9.97 Å². The van der Waals surface area contributed by atoms with Crippen LogP contribution in [0.5, 0.6) is 17.2 Å². The van der Waals surface area contributed by atoms with E-state index in [1.165, 1.54) is 5.69 Å². The molecule has 0 N–H and O–H groups in total. The molecule has 1 fully saturated rings. The molecule has 1 aliphatic carbocycles. The van der Waals surface area contributed by atoms with Crippen LogP contribution >= 0.6 is 0 Å². The first-order chi connectivity index (χ1) is 17.1. The Labute approximate surface area is 205 Å². The van der Waals surface area contributed by atoms with Crippen molar-refractivity contribution in [3.63, 3.8) is 0 Å². The van der Waals surface area contributed by atoms with Gasteiger partial charge in [0, 0.05) is 44.5 Å². The second-order valence-corrected chi connectivity index (χ2v) is 8.83. The number of piperazine rings is 1. The third-order valence-corrected chi connectivity index (χ3v) is 6.87. The zero-order valence-corrected chi connectivity index (χ0v) is 20.4. The van der Waals surface area contributed by atoms with Crippen molar-refractivity contribution in [2.45, 2.75) is 18.8 Å². The molecule has 0 unspecified atom stereocenters. The maximum atomic E-state index is 13.0. The van der Waals surface area contributed by atoms with Crippen LogP contribution < -0.4 is 24.0 Å². The van der Waals surface area contributed by atoms with E-state index in [0.717, 1.165) is 37.4 Å². The number of aromatic nitrogens is 2. The molecule has 8 heteroatoms. The summed E-state index contributed by atoms with van der Waals surface area (Å²) in [5.41, 5.74) is 3.63. The van der Waals surface area contributed by atoms with Crippen molar-refractivity contribution in [1.29, 1.82) is 0 Å². The molecule has 0 amide bonds. The number of ether oxygens (including phenoxy) is 3. The number of hydrogen-bond acceptors (Lipinski definition) is 8. The molecule has 2 aliphatic rings. The molecule has 2 heterocycles. The van der Waals surface area contributed by atoms with Gasteiger partial charge in [0.15, 0.2) is 17.3 Å². The first-order valence-corrected chi connectivity index (χ1v) is 11.8. The van der Waals surface area contributed by atoms with Crippen molar-refractivity contribution in [2.24, 2.45) is 0 Å². The summed E-state index contributed by atoms with van der Waals surface area (Å²) >= 11 is 0. The number of carbonyl (C=O) groups is 1. The lowest BCUT2D eigenvalue weighted by Crippen LogP contribution is -2.47. The summed E-state index contributed by atoms with van der Waals surface area (Å²) in [5, 5.41) is 0. The zero-order chi connectivity index (χ0) is 24.4. The molecule has 0 bridgehead atoms. The van der Waals surface area contributed by atoms with Gasteiger partial charge in [-0.2, -0.15) is 0 Å². The molecule has 1 aromatic heterocycles. The van der Waals surface area contributed by atoms with Crippen LogP contribution in [0.2, 0.25) is 0 Å². The van der Waals surface area contributed by atoms with Crippen LogP contribution in [0.25, 0.3) is 0 Å². The van der Waals surface area contributed by atoms with Crippen LogP contribution in [-0.4, -0.2) is 63.3 Å². The highest BCUT2D eigenvalue weighted by atomic mass is 16.5. The topological polar surface area (TPSA) is 77.0 Å². The maximum absolute atomic E-state index is 13.0. The lowest BCUT2D eigenvalue weighted by atomic mass is 9.82. The van der Waals surface area contributed by atoms with Crippen LogP contribution in [0.3, 0.4) is 0 Å². The Bertz CT molecular complexity index is 1180. The van der Waals surface area contributed by atoms with Crippen LogP contribution in [0.1, 0.15) is 34.0 Å². The largest absolute Gasteiger partial charge is 0.493 e. The minimum absolute atomic E-state index is 0.0265. The number of Topliss-reactive ketones (excluding diaryl/α,β-unsaturated/α-hetero) is 1. The van der Waals surface area contributed by atoms with E-state index in [0.29, 0.717) is 41.6 Å². The number of para-hydroxylation sites is 1. The summed E-state index contributed by atoms with van der Waals surface area (Å²) in [6.45, 7) is 3.46. The Morgan fingerprint density at radius 1 is 0.857 bits per heavy atom. The third-order valence-electron chi connectivity index (χ3n) is 6.87. The van der Waals surface area contributed by atoms with Crippen molar-refractivity contribution in [2.75, 3.05) is 57.3 Å². The van der Waals surface area contributed by atoms with E-state index in [2.05, 4.69) is 39.0 Å². The molecule has 0 saturated carbocycles. The van der Waals surface area contributed by atoms with E-state index in [9.17, 15) is 4.79 Å². The fourth-order valence-electron chi connectivity index (χ4n) is 4.96.